The van der Waals surface area contributed by atoms with Crippen molar-refractivity contribution in [2.24, 2.45) is 11.3 Å². The van der Waals surface area contributed by atoms with Crippen LogP contribution in [0.4, 0.5) is 0 Å². The highest BCUT2D eigenvalue weighted by atomic mass is 16.2. The van der Waals surface area contributed by atoms with Crippen molar-refractivity contribution in [1.82, 2.24) is 16.0 Å². The maximum Gasteiger partial charge on any atom is 0.224 e. The molecule has 2 rings (SSSR count). The molecule has 0 radical (unpaired) electrons. The lowest BCUT2D eigenvalue weighted by molar-refractivity contribution is -0.129. The first-order valence-electron chi connectivity index (χ1n) is 7.27. The average molecular weight is 267 g/mol. The van der Waals surface area contributed by atoms with Crippen LogP contribution in [0.1, 0.15) is 39.5 Å². The van der Waals surface area contributed by atoms with E-state index in [1.807, 2.05) is 0 Å². The second-order valence-electron chi connectivity index (χ2n) is 6.38. The van der Waals surface area contributed by atoms with Gasteiger partial charge in [-0.15, -0.1) is 0 Å². The summed E-state index contributed by atoms with van der Waals surface area (Å²) >= 11 is 0. The number of rotatable bonds is 3. The smallest absolute Gasteiger partial charge is 0.224 e. The predicted molar refractivity (Wildman–Crippen MR) is 73.5 cm³/mol. The Bertz CT molecular complexity index is 345. The fourth-order valence-corrected chi connectivity index (χ4v) is 2.92. The van der Waals surface area contributed by atoms with Crippen molar-refractivity contribution in [3.05, 3.63) is 0 Å². The molecule has 2 atom stereocenters. The van der Waals surface area contributed by atoms with Gasteiger partial charge in [-0.05, 0) is 31.2 Å². The number of amides is 2. The Morgan fingerprint density at radius 3 is 2.89 bits per heavy atom. The molecule has 0 aromatic heterocycles. The lowest BCUT2D eigenvalue weighted by Gasteiger charge is -2.39. The van der Waals surface area contributed by atoms with Crippen molar-refractivity contribution in [3.63, 3.8) is 0 Å². The summed E-state index contributed by atoms with van der Waals surface area (Å²) in [5.74, 6) is 0.0618. The highest BCUT2D eigenvalue weighted by molar-refractivity contribution is 5.83. The lowest BCUT2D eigenvalue weighted by atomic mass is 9.77. The fourth-order valence-electron chi connectivity index (χ4n) is 2.92. The third kappa shape index (κ3) is 3.69. The Hall–Kier alpha value is -1.10. The average Bonchev–Trinajstić information content (AvgIpc) is 2.37. The van der Waals surface area contributed by atoms with Crippen LogP contribution in [-0.2, 0) is 9.59 Å². The number of piperidine rings is 2. The summed E-state index contributed by atoms with van der Waals surface area (Å²) in [7, 11) is 0. The summed E-state index contributed by atoms with van der Waals surface area (Å²) in [5.41, 5.74) is 0.228. The van der Waals surface area contributed by atoms with Crippen LogP contribution in [-0.4, -0.2) is 37.5 Å². The van der Waals surface area contributed by atoms with E-state index in [9.17, 15) is 9.59 Å². The van der Waals surface area contributed by atoms with E-state index in [0.717, 1.165) is 6.54 Å². The van der Waals surface area contributed by atoms with Crippen molar-refractivity contribution in [1.29, 1.82) is 0 Å². The van der Waals surface area contributed by atoms with Crippen LogP contribution >= 0.6 is 0 Å². The zero-order valence-electron chi connectivity index (χ0n) is 11.9. The van der Waals surface area contributed by atoms with Crippen molar-refractivity contribution in [2.75, 3.05) is 19.6 Å². The molecule has 108 valence electrons. The third-order valence-corrected chi connectivity index (χ3v) is 4.45. The first-order valence-corrected chi connectivity index (χ1v) is 7.27. The monoisotopic (exact) mass is 267 g/mol. The molecule has 2 fully saturated rings. The van der Waals surface area contributed by atoms with E-state index in [4.69, 9.17) is 0 Å². The molecule has 2 aliphatic heterocycles. The van der Waals surface area contributed by atoms with Gasteiger partial charge in [0.2, 0.25) is 11.8 Å². The minimum absolute atomic E-state index is 0.0548. The Kier molecular flexibility index (Phi) is 4.45. The molecule has 0 saturated carbocycles. The molecule has 5 nitrogen and oxygen atoms in total. The molecule has 3 N–H and O–H groups in total. The van der Waals surface area contributed by atoms with Crippen molar-refractivity contribution in [3.8, 4) is 0 Å². The number of hydrogen-bond acceptors (Lipinski definition) is 3. The first-order chi connectivity index (χ1) is 8.99. The van der Waals surface area contributed by atoms with Crippen molar-refractivity contribution in [2.45, 2.75) is 45.6 Å². The highest BCUT2D eigenvalue weighted by Gasteiger charge is 2.33. The maximum absolute atomic E-state index is 12.1. The molecule has 0 spiro atoms. The van der Waals surface area contributed by atoms with Crippen LogP contribution in [0.2, 0.25) is 0 Å². The van der Waals surface area contributed by atoms with Gasteiger partial charge in [-0.3, -0.25) is 9.59 Å². The number of carbonyl (C=O) groups is 2. The molecule has 0 bridgehead atoms. The first kappa shape index (κ1) is 14.3. The summed E-state index contributed by atoms with van der Waals surface area (Å²) in [4.78, 5) is 23.1. The maximum atomic E-state index is 12.1. The molecule has 2 aliphatic rings. The normalized spacial score (nSPS) is 30.5. The molecule has 19 heavy (non-hydrogen) atoms. The zero-order valence-corrected chi connectivity index (χ0v) is 11.9. The summed E-state index contributed by atoms with van der Waals surface area (Å²) in [5, 5.41) is 9.28. The van der Waals surface area contributed by atoms with E-state index >= 15 is 0 Å². The van der Waals surface area contributed by atoms with Gasteiger partial charge in [0.25, 0.3) is 0 Å². The lowest BCUT2D eigenvalue weighted by Crippen LogP contribution is -2.54. The highest BCUT2D eigenvalue weighted by Crippen LogP contribution is 2.29. The Balaban J connectivity index is 1.78. The number of carbonyl (C=O) groups excluding carboxylic acids is 2. The topological polar surface area (TPSA) is 70.2 Å². The van der Waals surface area contributed by atoms with E-state index in [1.54, 1.807) is 0 Å². The molecule has 2 unspecified atom stereocenters. The van der Waals surface area contributed by atoms with Crippen LogP contribution in [0.25, 0.3) is 0 Å². The Morgan fingerprint density at radius 2 is 2.26 bits per heavy atom. The van der Waals surface area contributed by atoms with E-state index in [-0.39, 0.29) is 23.1 Å². The van der Waals surface area contributed by atoms with Crippen molar-refractivity contribution >= 4 is 11.8 Å². The summed E-state index contributed by atoms with van der Waals surface area (Å²) in [6, 6.07) is 0.336. The molecular weight excluding hydrogens is 242 g/mol. The Labute approximate surface area is 114 Å². The largest absolute Gasteiger partial charge is 0.355 e. The van der Waals surface area contributed by atoms with Gasteiger partial charge in [0, 0.05) is 25.6 Å². The molecular formula is C14H25N3O2. The fraction of sp³-hybridized carbons (Fsp3) is 0.857. The molecule has 0 aromatic carbocycles. The zero-order chi connectivity index (χ0) is 13.9. The van der Waals surface area contributed by atoms with Crippen LogP contribution in [0.5, 0.6) is 0 Å². The standard InChI is InChI=1S/C14H25N3O2/c1-14(2)6-3-7-15-11(14)9-17-13(19)10-4-5-12(18)16-8-10/h10-11,15H,3-9H2,1-2H3,(H,16,18)(H,17,19). The number of hydrogen-bond donors (Lipinski definition) is 3. The van der Waals surface area contributed by atoms with Gasteiger partial charge in [0.1, 0.15) is 0 Å². The van der Waals surface area contributed by atoms with Gasteiger partial charge < -0.3 is 16.0 Å². The van der Waals surface area contributed by atoms with Crippen LogP contribution < -0.4 is 16.0 Å². The van der Waals surface area contributed by atoms with Gasteiger partial charge in [-0.2, -0.15) is 0 Å². The Morgan fingerprint density at radius 1 is 1.47 bits per heavy atom. The predicted octanol–water partition coefficient (Wildman–Crippen LogP) is 0.407. The van der Waals surface area contributed by atoms with Crippen LogP contribution in [0.15, 0.2) is 0 Å². The van der Waals surface area contributed by atoms with Crippen LogP contribution in [0, 0.1) is 11.3 Å². The summed E-state index contributed by atoms with van der Waals surface area (Å²) in [6.45, 7) is 6.68. The van der Waals surface area contributed by atoms with Gasteiger partial charge in [0.05, 0.1) is 5.92 Å². The summed E-state index contributed by atoms with van der Waals surface area (Å²) < 4.78 is 0. The quantitative estimate of drug-likeness (QED) is 0.693. The van der Waals surface area contributed by atoms with Crippen LogP contribution in [0.3, 0.4) is 0 Å². The van der Waals surface area contributed by atoms with Gasteiger partial charge in [-0.1, -0.05) is 13.8 Å². The third-order valence-electron chi connectivity index (χ3n) is 4.45. The number of nitrogens with one attached hydrogen (secondary N) is 3. The summed E-state index contributed by atoms with van der Waals surface area (Å²) in [6.07, 6.45) is 3.52. The van der Waals surface area contributed by atoms with E-state index in [2.05, 4.69) is 29.8 Å². The van der Waals surface area contributed by atoms with E-state index in [0.29, 0.717) is 32.0 Å². The second-order valence-corrected chi connectivity index (χ2v) is 6.38. The van der Waals surface area contributed by atoms with Gasteiger partial charge in [-0.25, -0.2) is 0 Å². The van der Waals surface area contributed by atoms with Gasteiger partial charge >= 0.3 is 0 Å². The molecule has 0 aromatic rings. The molecule has 5 heteroatoms. The minimum Gasteiger partial charge on any atom is -0.355 e. The van der Waals surface area contributed by atoms with Gasteiger partial charge in [0.15, 0.2) is 0 Å². The SMILES string of the molecule is CC1(C)CCCNC1CNC(=O)C1CCC(=O)NC1. The second kappa shape index (κ2) is 5.90. The van der Waals surface area contributed by atoms with E-state index in [1.165, 1.54) is 12.8 Å². The molecule has 0 aliphatic carbocycles. The molecule has 2 saturated heterocycles. The molecule has 2 amide bonds. The minimum atomic E-state index is -0.0654. The molecule has 2 heterocycles. The van der Waals surface area contributed by atoms with E-state index < -0.39 is 0 Å². The van der Waals surface area contributed by atoms with Crippen molar-refractivity contribution < 1.29 is 9.59 Å².